The van der Waals surface area contributed by atoms with Gasteiger partial charge in [-0.3, -0.25) is 9.78 Å². The lowest BCUT2D eigenvalue weighted by Gasteiger charge is -2.14. The summed E-state index contributed by atoms with van der Waals surface area (Å²) < 4.78 is 13.5. The summed E-state index contributed by atoms with van der Waals surface area (Å²) in [6.45, 7) is 1.05. The Labute approximate surface area is 208 Å². The third kappa shape index (κ3) is 6.09. The molecule has 0 unspecified atom stereocenters. The predicted octanol–water partition coefficient (Wildman–Crippen LogP) is 4.20. The maximum atomic E-state index is 13.5. The van der Waals surface area contributed by atoms with Crippen LogP contribution in [0.3, 0.4) is 0 Å². The van der Waals surface area contributed by atoms with Gasteiger partial charge in [0.25, 0.3) is 5.91 Å². The van der Waals surface area contributed by atoms with E-state index in [9.17, 15) is 14.4 Å². The van der Waals surface area contributed by atoms with Crippen LogP contribution >= 0.6 is 0 Å². The van der Waals surface area contributed by atoms with E-state index in [-0.39, 0.29) is 18.3 Å². The molecule has 0 aliphatic rings. The summed E-state index contributed by atoms with van der Waals surface area (Å²) in [5, 5.41) is 15.6. The lowest BCUT2D eigenvalue weighted by atomic mass is 10.0. The van der Waals surface area contributed by atoms with Gasteiger partial charge < -0.3 is 16.4 Å². The Morgan fingerprint density at radius 3 is 2.69 bits per heavy atom. The van der Waals surface area contributed by atoms with E-state index in [0.717, 1.165) is 11.1 Å². The molecule has 0 atom stereocenters. The Morgan fingerprint density at radius 2 is 1.89 bits per heavy atom. The smallest absolute Gasteiger partial charge is 0.255 e. The molecule has 0 saturated heterocycles. The van der Waals surface area contributed by atoms with E-state index in [1.165, 1.54) is 12.1 Å². The van der Waals surface area contributed by atoms with Crippen molar-refractivity contribution in [3.05, 3.63) is 113 Å². The summed E-state index contributed by atoms with van der Waals surface area (Å²) >= 11 is 0. The number of carbonyl (C=O) groups is 1. The number of nitrogens with zero attached hydrogens (tertiary/aromatic N) is 3. The first kappa shape index (κ1) is 24.5. The van der Waals surface area contributed by atoms with Gasteiger partial charge in [0.1, 0.15) is 11.6 Å². The minimum absolute atomic E-state index is 0.231. The van der Waals surface area contributed by atoms with E-state index >= 15 is 0 Å². The molecule has 7 nitrogen and oxygen atoms in total. The van der Waals surface area contributed by atoms with Gasteiger partial charge in [-0.25, -0.2) is 9.37 Å². The van der Waals surface area contributed by atoms with Crippen LogP contribution in [0.5, 0.6) is 0 Å². The molecule has 8 heteroatoms. The van der Waals surface area contributed by atoms with E-state index in [1.54, 1.807) is 36.5 Å². The summed E-state index contributed by atoms with van der Waals surface area (Å²) in [6, 6.07) is 22.8. The highest BCUT2D eigenvalue weighted by molar-refractivity contribution is 5.99. The van der Waals surface area contributed by atoms with Crippen LogP contribution in [-0.2, 0) is 19.5 Å². The van der Waals surface area contributed by atoms with Gasteiger partial charge in [-0.05, 0) is 60.0 Å². The fraction of sp³-hybridized carbons (Fsp3) is 0.143. The van der Waals surface area contributed by atoms with Crippen molar-refractivity contribution < 1.29 is 9.18 Å². The van der Waals surface area contributed by atoms with Crippen molar-refractivity contribution >= 4 is 11.7 Å². The van der Waals surface area contributed by atoms with Gasteiger partial charge in [-0.2, -0.15) is 5.26 Å². The number of aromatic nitrogens is 2. The summed E-state index contributed by atoms with van der Waals surface area (Å²) in [6.07, 6.45) is 2.20. The zero-order chi connectivity index (χ0) is 25.3. The monoisotopic (exact) mass is 480 g/mol. The van der Waals surface area contributed by atoms with Gasteiger partial charge >= 0.3 is 0 Å². The highest BCUT2D eigenvalue weighted by Gasteiger charge is 2.16. The number of nitriles is 1. The molecule has 0 aliphatic carbocycles. The lowest BCUT2D eigenvalue weighted by molar-refractivity contribution is 0.0951. The summed E-state index contributed by atoms with van der Waals surface area (Å²) in [7, 11) is 0. The molecule has 2 aromatic heterocycles. The zero-order valence-corrected chi connectivity index (χ0v) is 19.5. The van der Waals surface area contributed by atoms with Gasteiger partial charge in [0.05, 0.1) is 35.1 Å². The average molecular weight is 481 g/mol. The Bertz CT molecular complexity index is 1420. The summed E-state index contributed by atoms with van der Waals surface area (Å²) in [4.78, 5) is 22.0. The molecule has 0 saturated carbocycles. The molecule has 36 heavy (non-hydrogen) atoms. The van der Waals surface area contributed by atoms with Crippen LogP contribution in [0.4, 0.5) is 10.2 Å². The number of carbonyl (C=O) groups excluding carboxylic acids is 1. The molecule has 0 spiro atoms. The number of halogens is 1. The van der Waals surface area contributed by atoms with Crippen LogP contribution in [0.1, 0.15) is 32.7 Å². The molecular formula is C28H25FN6O. The summed E-state index contributed by atoms with van der Waals surface area (Å²) in [5.41, 5.74) is 10.2. The molecule has 4 rings (SSSR count). The lowest BCUT2D eigenvalue weighted by Crippen LogP contribution is -2.25. The van der Waals surface area contributed by atoms with Crippen molar-refractivity contribution in [2.45, 2.75) is 19.5 Å². The first-order chi connectivity index (χ1) is 17.6. The minimum Gasteiger partial charge on any atom is -0.369 e. The predicted molar refractivity (Wildman–Crippen MR) is 136 cm³/mol. The number of hydrogen-bond acceptors (Lipinski definition) is 6. The van der Waals surface area contributed by atoms with Gasteiger partial charge in [-0.1, -0.05) is 30.3 Å². The van der Waals surface area contributed by atoms with Crippen LogP contribution in [0.15, 0.2) is 79.0 Å². The van der Waals surface area contributed by atoms with Crippen LogP contribution in [0, 0.1) is 17.1 Å². The number of amides is 1. The Morgan fingerprint density at radius 1 is 1.03 bits per heavy atom. The second-order valence-corrected chi connectivity index (χ2v) is 8.10. The maximum Gasteiger partial charge on any atom is 0.255 e. The Hall–Kier alpha value is -4.61. The fourth-order valence-corrected chi connectivity index (χ4v) is 3.77. The minimum atomic E-state index is -0.323. The van der Waals surface area contributed by atoms with Crippen molar-refractivity contribution in [2.24, 2.45) is 5.73 Å². The SMILES string of the molecule is N#Cc1ccccc1-c1ccc(C(=O)NCc2cc(CN)ccn2)c(NCCc2cccc(F)c2)n1. The molecule has 0 radical (unpaired) electrons. The Kier molecular flexibility index (Phi) is 7.96. The number of rotatable bonds is 9. The normalized spacial score (nSPS) is 10.5. The second-order valence-electron chi connectivity index (χ2n) is 8.10. The first-order valence-electron chi connectivity index (χ1n) is 11.5. The van der Waals surface area contributed by atoms with Crippen molar-refractivity contribution in [3.8, 4) is 17.3 Å². The van der Waals surface area contributed by atoms with Crippen LogP contribution in [-0.4, -0.2) is 22.4 Å². The highest BCUT2D eigenvalue weighted by atomic mass is 19.1. The third-order valence-corrected chi connectivity index (χ3v) is 5.61. The van der Waals surface area contributed by atoms with Gasteiger partial charge in [0.2, 0.25) is 0 Å². The van der Waals surface area contributed by atoms with Crippen molar-refractivity contribution in [2.75, 3.05) is 11.9 Å². The molecule has 2 heterocycles. The zero-order valence-electron chi connectivity index (χ0n) is 19.5. The molecule has 4 aromatic rings. The number of anilines is 1. The topological polar surface area (TPSA) is 117 Å². The number of pyridine rings is 2. The van der Waals surface area contributed by atoms with E-state index in [0.29, 0.717) is 53.4 Å². The number of benzene rings is 2. The molecule has 4 N–H and O–H groups in total. The van der Waals surface area contributed by atoms with Gasteiger partial charge in [0.15, 0.2) is 0 Å². The van der Waals surface area contributed by atoms with Crippen LogP contribution < -0.4 is 16.4 Å². The highest BCUT2D eigenvalue weighted by Crippen LogP contribution is 2.25. The fourth-order valence-electron chi connectivity index (χ4n) is 3.77. The number of hydrogen-bond donors (Lipinski definition) is 3. The van der Waals surface area contributed by atoms with Gasteiger partial charge in [0, 0.05) is 24.8 Å². The molecule has 0 aliphatic heterocycles. The van der Waals surface area contributed by atoms with E-state index < -0.39 is 0 Å². The van der Waals surface area contributed by atoms with Crippen molar-refractivity contribution in [1.82, 2.24) is 15.3 Å². The first-order valence-corrected chi connectivity index (χ1v) is 11.5. The van der Waals surface area contributed by atoms with Crippen LogP contribution in [0.2, 0.25) is 0 Å². The molecule has 2 aromatic carbocycles. The quantitative estimate of drug-likeness (QED) is 0.331. The molecule has 0 bridgehead atoms. The standard InChI is InChI=1S/C28H25FN6O/c29-22-6-3-4-19(14-22)10-13-33-27-25(28(36)34-18-23-15-20(16-30)11-12-32-23)8-9-26(35-27)24-7-2-1-5-21(24)17-31/h1-9,11-12,14-15H,10,13,16,18,30H2,(H,33,35)(H,34,36). The summed E-state index contributed by atoms with van der Waals surface area (Å²) in [5.74, 6) is -0.248. The van der Waals surface area contributed by atoms with E-state index in [2.05, 4.69) is 26.7 Å². The molecule has 0 fully saturated rings. The van der Waals surface area contributed by atoms with E-state index in [1.807, 2.05) is 30.3 Å². The van der Waals surface area contributed by atoms with Crippen molar-refractivity contribution in [3.63, 3.8) is 0 Å². The van der Waals surface area contributed by atoms with Gasteiger partial charge in [-0.15, -0.1) is 0 Å². The molecule has 180 valence electrons. The average Bonchev–Trinajstić information content (AvgIpc) is 2.92. The molecular weight excluding hydrogens is 455 g/mol. The Balaban J connectivity index is 1.57. The number of nitrogens with one attached hydrogen (secondary N) is 2. The third-order valence-electron chi connectivity index (χ3n) is 5.61. The largest absolute Gasteiger partial charge is 0.369 e. The van der Waals surface area contributed by atoms with Crippen molar-refractivity contribution in [1.29, 1.82) is 5.26 Å². The van der Waals surface area contributed by atoms with Crippen LogP contribution in [0.25, 0.3) is 11.3 Å². The maximum absolute atomic E-state index is 13.5. The number of nitrogens with two attached hydrogens (primary N) is 1. The second kappa shape index (κ2) is 11.7. The molecule has 1 amide bonds. The van der Waals surface area contributed by atoms with E-state index in [4.69, 9.17) is 5.73 Å².